The van der Waals surface area contributed by atoms with Gasteiger partial charge in [0.05, 0.1) is 16.7 Å². The summed E-state index contributed by atoms with van der Waals surface area (Å²) in [5.74, 6) is -0.0457. The van der Waals surface area contributed by atoms with E-state index in [1.54, 1.807) is 0 Å². The number of benzene rings is 2. The second kappa shape index (κ2) is 8.92. The Bertz CT molecular complexity index is 1330. The van der Waals surface area contributed by atoms with Crippen molar-refractivity contribution in [1.29, 1.82) is 0 Å². The number of thioether (sulfide) groups is 1. The average molecular weight is 462 g/mol. The monoisotopic (exact) mass is 461 g/mol. The predicted molar refractivity (Wildman–Crippen MR) is 131 cm³/mol. The molecule has 2 aromatic heterocycles. The second-order valence-electron chi connectivity index (χ2n) is 7.98. The molecule has 5 nitrogen and oxygen atoms in total. The van der Waals surface area contributed by atoms with Crippen LogP contribution in [0.5, 0.6) is 0 Å². The number of hydrogen-bond donors (Lipinski definition) is 2. The summed E-state index contributed by atoms with van der Waals surface area (Å²) < 4.78 is 0. The van der Waals surface area contributed by atoms with Gasteiger partial charge in [-0.05, 0) is 42.9 Å². The number of carbonyl (C=O) groups excluding carboxylic acids is 1. The summed E-state index contributed by atoms with van der Waals surface area (Å²) in [4.78, 5) is 34.0. The predicted octanol–water partition coefficient (Wildman–Crippen LogP) is 5.33. The van der Waals surface area contributed by atoms with E-state index in [4.69, 9.17) is 0 Å². The van der Waals surface area contributed by atoms with Gasteiger partial charge >= 0.3 is 0 Å². The molecule has 4 aromatic rings. The number of hydrogen-bond acceptors (Lipinski definition) is 5. The van der Waals surface area contributed by atoms with E-state index in [0.29, 0.717) is 15.4 Å². The molecule has 32 heavy (non-hydrogen) atoms. The fraction of sp³-hybridized carbons (Fsp3) is 0.240. The van der Waals surface area contributed by atoms with Crippen molar-refractivity contribution < 1.29 is 4.79 Å². The molecule has 0 unspecified atom stereocenters. The normalized spacial score (nSPS) is 16.5. The van der Waals surface area contributed by atoms with Gasteiger partial charge in [0.25, 0.3) is 5.56 Å². The molecule has 1 aliphatic carbocycles. The highest BCUT2D eigenvalue weighted by Crippen LogP contribution is 2.33. The molecular formula is C25H23N3O2S2. The number of nitrogens with zero attached hydrogens (tertiary/aromatic N) is 1. The minimum absolute atomic E-state index is 0.0377. The molecule has 0 bridgehead atoms. The number of amides is 1. The van der Waals surface area contributed by atoms with Crippen LogP contribution >= 0.6 is 23.1 Å². The summed E-state index contributed by atoms with van der Waals surface area (Å²) in [5.41, 5.74) is 4.23. The van der Waals surface area contributed by atoms with Crippen molar-refractivity contribution in [3.63, 3.8) is 0 Å². The second-order valence-corrected chi connectivity index (χ2v) is 10.2. The van der Waals surface area contributed by atoms with Gasteiger partial charge in [-0.2, -0.15) is 0 Å². The minimum atomic E-state index is -0.377. The Kier molecular flexibility index (Phi) is 5.85. The molecule has 162 valence electrons. The van der Waals surface area contributed by atoms with Crippen LogP contribution in [-0.2, 0) is 11.2 Å². The zero-order valence-corrected chi connectivity index (χ0v) is 19.3. The van der Waals surface area contributed by atoms with Crippen molar-refractivity contribution in [2.75, 3.05) is 0 Å². The molecule has 2 atom stereocenters. The van der Waals surface area contributed by atoms with Gasteiger partial charge < -0.3 is 10.3 Å². The number of aryl methyl sites for hydroxylation is 1. The van der Waals surface area contributed by atoms with Crippen LogP contribution < -0.4 is 10.9 Å². The number of H-pyrrole nitrogens is 1. The van der Waals surface area contributed by atoms with E-state index in [1.807, 2.05) is 54.8 Å². The highest BCUT2D eigenvalue weighted by molar-refractivity contribution is 8.00. The molecule has 0 aliphatic heterocycles. The molecule has 0 saturated heterocycles. The van der Waals surface area contributed by atoms with Crippen LogP contribution in [0.25, 0.3) is 21.3 Å². The standard InChI is InChI=1S/C25H23N3O2S2/c1-15(22(29)26-20-13-7-11-16-10-5-6-12-18(16)20)32-25-27-23(30)21-19(14-31-24(21)28-25)17-8-3-2-4-9-17/h2-6,8-10,12,14-15,20H,7,11,13H2,1H3,(H,26,29)(H,27,28,30)/t15-,20-/m1/s1. The minimum Gasteiger partial charge on any atom is -0.348 e. The van der Waals surface area contributed by atoms with Gasteiger partial charge in [-0.3, -0.25) is 9.59 Å². The van der Waals surface area contributed by atoms with E-state index < -0.39 is 0 Å². The molecular weight excluding hydrogens is 438 g/mol. The van der Waals surface area contributed by atoms with Gasteiger partial charge in [0.1, 0.15) is 4.83 Å². The van der Waals surface area contributed by atoms with Crippen molar-refractivity contribution >= 4 is 39.2 Å². The van der Waals surface area contributed by atoms with Crippen LogP contribution in [-0.4, -0.2) is 21.1 Å². The molecule has 0 spiro atoms. The van der Waals surface area contributed by atoms with E-state index in [-0.39, 0.29) is 22.8 Å². The largest absolute Gasteiger partial charge is 0.348 e. The summed E-state index contributed by atoms with van der Waals surface area (Å²) in [7, 11) is 0. The smallest absolute Gasteiger partial charge is 0.260 e. The molecule has 2 aromatic carbocycles. The third-order valence-electron chi connectivity index (χ3n) is 5.85. The maximum atomic E-state index is 12.9. The Morgan fingerprint density at radius 3 is 2.81 bits per heavy atom. The summed E-state index contributed by atoms with van der Waals surface area (Å²) in [6.45, 7) is 1.85. The SMILES string of the molecule is C[C@@H](Sc1nc2scc(-c3ccccc3)c2c(=O)[nH]1)C(=O)N[C@@H]1CCCc2ccccc21. The van der Waals surface area contributed by atoms with Crippen LogP contribution in [0.3, 0.4) is 0 Å². The van der Waals surface area contributed by atoms with Crippen molar-refractivity contribution in [3.8, 4) is 11.1 Å². The summed E-state index contributed by atoms with van der Waals surface area (Å²) in [5, 5.41) is 5.85. The zero-order valence-electron chi connectivity index (χ0n) is 17.6. The lowest BCUT2D eigenvalue weighted by Gasteiger charge is -2.27. The van der Waals surface area contributed by atoms with E-state index in [9.17, 15) is 9.59 Å². The molecule has 1 amide bonds. The fourth-order valence-corrected chi connectivity index (χ4v) is 6.04. The van der Waals surface area contributed by atoms with Crippen LogP contribution in [0, 0.1) is 0 Å². The number of aromatic amines is 1. The van der Waals surface area contributed by atoms with E-state index in [2.05, 4.69) is 27.4 Å². The summed E-state index contributed by atoms with van der Waals surface area (Å²) in [6, 6.07) is 18.2. The van der Waals surface area contributed by atoms with Crippen LogP contribution in [0.15, 0.2) is 69.9 Å². The third-order valence-corrected chi connectivity index (χ3v) is 7.71. The number of aromatic nitrogens is 2. The molecule has 5 rings (SSSR count). The van der Waals surface area contributed by atoms with Crippen LogP contribution in [0.4, 0.5) is 0 Å². The molecule has 0 saturated carbocycles. The first kappa shape index (κ1) is 21.0. The lowest BCUT2D eigenvalue weighted by atomic mass is 9.88. The number of carbonyl (C=O) groups is 1. The Labute approximate surface area is 194 Å². The lowest BCUT2D eigenvalue weighted by molar-refractivity contribution is -0.121. The van der Waals surface area contributed by atoms with Crippen molar-refractivity contribution in [3.05, 3.63) is 81.5 Å². The lowest BCUT2D eigenvalue weighted by Crippen LogP contribution is -2.36. The van der Waals surface area contributed by atoms with Crippen molar-refractivity contribution in [1.82, 2.24) is 15.3 Å². The third kappa shape index (κ3) is 4.10. The number of nitrogens with one attached hydrogen (secondary N) is 2. The summed E-state index contributed by atoms with van der Waals surface area (Å²) in [6.07, 6.45) is 3.07. The Morgan fingerprint density at radius 2 is 1.97 bits per heavy atom. The summed E-state index contributed by atoms with van der Waals surface area (Å²) >= 11 is 2.73. The Morgan fingerprint density at radius 1 is 1.19 bits per heavy atom. The molecule has 0 fully saturated rings. The quantitative estimate of drug-likeness (QED) is 0.311. The molecule has 7 heteroatoms. The van der Waals surface area contributed by atoms with Crippen LogP contribution in [0.2, 0.25) is 0 Å². The first-order valence-electron chi connectivity index (χ1n) is 10.7. The van der Waals surface area contributed by atoms with Gasteiger partial charge in [-0.25, -0.2) is 4.98 Å². The van der Waals surface area contributed by atoms with Gasteiger partial charge in [0.15, 0.2) is 5.16 Å². The van der Waals surface area contributed by atoms with Crippen molar-refractivity contribution in [2.24, 2.45) is 0 Å². The maximum absolute atomic E-state index is 12.9. The zero-order chi connectivity index (χ0) is 22.1. The first-order chi connectivity index (χ1) is 15.6. The average Bonchev–Trinajstić information content (AvgIpc) is 3.24. The molecule has 0 radical (unpaired) electrons. The van der Waals surface area contributed by atoms with Gasteiger partial charge in [0, 0.05) is 10.9 Å². The Hall–Kier alpha value is -2.90. The first-order valence-corrected chi connectivity index (χ1v) is 12.5. The van der Waals surface area contributed by atoms with E-state index in [0.717, 1.165) is 30.4 Å². The molecule has 2 heterocycles. The van der Waals surface area contributed by atoms with Gasteiger partial charge in [-0.15, -0.1) is 11.3 Å². The topological polar surface area (TPSA) is 74.8 Å². The van der Waals surface area contributed by atoms with Crippen molar-refractivity contribution in [2.45, 2.75) is 42.6 Å². The Balaban J connectivity index is 1.33. The van der Waals surface area contributed by atoms with Gasteiger partial charge in [-0.1, -0.05) is 66.4 Å². The number of rotatable bonds is 5. The van der Waals surface area contributed by atoms with Gasteiger partial charge in [0.2, 0.25) is 5.91 Å². The van der Waals surface area contributed by atoms with E-state index in [1.165, 1.54) is 34.2 Å². The maximum Gasteiger partial charge on any atom is 0.260 e. The molecule has 1 aliphatic rings. The molecule has 2 N–H and O–H groups in total. The number of thiophene rings is 1. The van der Waals surface area contributed by atoms with E-state index >= 15 is 0 Å². The van der Waals surface area contributed by atoms with Crippen LogP contribution in [0.1, 0.15) is 36.9 Å². The number of fused-ring (bicyclic) bond motifs is 2. The highest BCUT2D eigenvalue weighted by atomic mass is 32.2. The fourth-order valence-electron chi connectivity index (χ4n) is 4.23. The highest BCUT2D eigenvalue weighted by Gasteiger charge is 2.25.